The fourth-order valence-electron chi connectivity index (χ4n) is 1.87. The molecule has 1 aromatic heterocycles. The highest BCUT2D eigenvalue weighted by Gasteiger charge is 2.09. The summed E-state index contributed by atoms with van der Waals surface area (Å²) >= 11 is 0. The van der Waals surface area contributed by atoms with Gasteiger partial charge in [-0.15, -0.1) is 0 Å². The normalized spacial score (nSPS) is 11.1. The van der Waals surface area contributed by atoms with Crippen LogP contribution in [-0.2, 0) is 13.6 Å². The molecule has 3 heteroatoms. The molecule has 0 radical (unpaired) electrons. The van der Waals surface area contributed by atoms with Gasteiger partial charge in [0.15, 0.2) is 0 Å². The first kappa shape index (κ1) is 9.21. The number of fused-ring (bicyclic) bond motifs is 1. The topological polar surface area (TPSA) is 29.9 Å². The Bertz CT molecular complexity index is 457. The molecule has 0 bridgehead atoms. The summed E-state index contributed by atoms with van der Waals surface area (Å²) in [5.41, 5.74) is 3.62. The van der Waals surface area contributed by atoms with E-state index in [2.05, 4.69) is 29.5 Å². The van der Waals surface area contributed by atoms with Crippen LogP contribution in [0.3, 0.4) is 0 Å². The van der Waals surface area contributed by atoms with Gasteiger partial charge >= 0.3 is 0 Å². The average molecular weight is 189 g/mol. The molecule has 1 N–H and O–H groups in total. The molecule has 0 aliphatic carbocycles. The standard InChI is InChI=1S/C11H15N3/c1-8-5-4-6-9-11(8)10(7-12-2)14(3)13-9/h4-6,12H,7H2,1-3H3. The van der Waals surface area contributed by atoms with E-state index in [4.69, 9.17) is 0 Å². The lowest BCUT2D eigenvalue weighted by Crippen LogP contribution is -2.10. The predicted molar refractivity (Wildman–Crippen MR) is 58.2 cm³/mol. The Kier molecular flexibility index (Phi) is 2.25. The Morgan fingerprint density at radius 1 is 1.43 bits per heavy atom. The average Bonchev–Trinajstić information content (AvgIpc) is 2.45. The molecule has 0 amide bonds. The third kappa shape index (κ3) is 1.30. The first-order valence-electron chi connectivity index (χ1n) is 4.80. The first-order valence-corrected chi connectivity index (χ1v) is 4.80. The van der Waals surface area contributed by atoms with Crippen LogP contribution in [0.5, 0.6) is 0 Å². The highest BCUT2D eigenvalue weighted by Crippen LogP contribution is 2.21. The largest absolute Gasteiger partial charge is 0.314 e. The number of benzene rings is 1. The highest BCUT2D eigenvalue weighted by molar-refractivity contribution is 5.84. The van der Waals surface area contributed by atoms with Gasteiger partial charge in [0.1, 0.15) is 0 Å². The lowest BCUT2D eigenvalue weighted by molar-refractivity contribution is 0.679. The third-order valence-corrected chi connectivity index (χ3v) is 2.53. The molecule has 3 nitrogen and oxygen atoms in total. The van der Waals surface area contributed by atoms with E-state index in [1.807, 2.05) is 24.8 Å². The van der Waals surface area contributed by atoms with Crippen molar-refractivity contribution in [2.45, 2.75) is 13.5 Å². The Hall–Kier alpha value is -1.35. The van der Waals surface area contributed by atoms with E-state index in [-0.39, 0.29) is 0 Å². The number of hydrogen-bond donors (Lipinski definition) is 1. The van der Waals surface area contributed by atoms with Gasteiger partial charge in [0.05, 0.1) is 11.2 Å². The van der Waals surface area contributed by atoms with Crippen LogP contribution in [0.4, 0.5) is 0 Å². The van der Waals surface area contributed by atoms with Crippen molar-refractivity contribution in [3.8, 4) is 0 Å². The molecule has 2 aromatic rings. The second-order valence-electron chi connectivity index (χ2n) is 3.57. The summed E-state index contributed by atoms with van der Waals surface area (Å²) < 4.78 is 1.95. The van der Waals surface area contributed by atoms with Crippen molar-refractivity contribution in [1.29, 1.82) is 0 Å². The van der Waals surface area contributed by atoms with E-state index < -0.39 is 0 Å². The van der Waals surface area contributed by atoms with Crippen LogP contribution in [0, 0.1) is 6.92 Å². The second kappa shape index (κ2) is 3.42. The maximum Gasteiger partial charge on any atom is 0.0929 e. The molecule has 74 valence electrons. The Morgan fingerprint density at radius 2 is 2.21 bits per heavy atom. The van der Waals surface area contributed by atoms with Gasteiger partial charge in [0.25, 0.3) is 0 Å². The quantitative estimate of drug-likeness (QED) is 0.777. The number of hydrogen-bond acceptors (Lipinski definition) is 2. The van der Waals surface area contributed by atoms with Crippen molar-refractivity contribution in [2.75, 3.05) is 7.05 Å². The van der Waals surface area contributed by atoms with Gasteiger partial charge in [-0.1, -0.05) is 12.1 Å². The Labute approximate surface area is 83.7 Å². The molecule has 0 atom stereocenters. The van der Waals surface area contributed by atoms with Gasteiger partial charge in [-0.25, -0.2) is 0 Å². The molecule has 1 aromatic carbocycles. The summed E-state index contributed by atoms with van der Waals surface area (Å²) in [5, 5.41) is 8.92. The zero-order valence-electron chi connectivity index (χ0n) is 8.83. The Balaban J connectivity index is 2.73. The van der Waals surface area contributed by atoms with Crippen LogP contribution in [0.15, 0.2) is 18.2 Å². The first-order chi connectivity index (χ1) is 6.74. The molecule has 0 saturated heterocycles. The minimum Gasteiger partial charge on any atom is -0.314 e. The SMILES string of the molecule is CNCc1c2c(C)cccc2nn1C. The molecule has 0 aliphatic rings. The lowest BCUT2D eigenvalue weighted by atomic mass is 10.1. The van der Waals surface area contributed by atoms with E-state index >= 15 is 0 Å². The molecule has 14 heavy (non-hydrogen) atoms. The summed E-state index contributed by atoms with van der Waals surface area (Å²) in [7, 11) is 3.95. The van der Waals surface area contributed by atoms with Crippen molar-refractivity contribution in [3.05, 3.63) is 29.5 Å². The minimum absolute atomic E-state index is 0.859. The monoisotopic (exact) mass is 189 g/mol. The summed E-state index contributed by atoms with van der Waals surface area (Å²) in [6.07, 6.45) is 0. The lowest BCUT2D eigenvalue weighted by Gasteiger charge is -2.02. The van der Waals surface area contributed by atoms with E-state index in [9.17, 15) is 0 Å². The van der Waals surface area contributed by atoms with Crippen LogP contribution >= 0.6 is 0 Å². The molecule has 0 fully saturated rings. The zero-order chi connectivity index (χ0) is 10.1. The minimum atomic E-state index is 0.859. The fourth-order valence-corrected chi connectivity index (χ4v) is 1.87. The van der Waals surface area contributed by atoms with Crippen molar-refractivity contribution in [2.24, 2.45) is 7.05 Å². The number of nitrogens with zero attached hydrogens (tertiary/aromatic N) is 2. The van der Waals surface area contributed by atoms with Crippen LogP contribution in [0.1, 0.15) is 11.3 Å². The van der Waals surface area contributed by atoms with Crippen molar-refractivity contribution >= 4 is 10.9 Å². The molecular formula is C11H15N3. The van der Waals surface area contributed by atoms with Gasteiger partial charge in [-0.3, -0.25) is 4.68 Å². The Morgan fingerprint density at radius 3 is 2.93 bits per heavy atom. The fraction of sp³-hybridized carbons (Fsp3) is 0.364. The molecular weight excluding hydrogens is 174 g/mol. The smallest absolute Gasteiger partial charge is 0.0929 e. The van der Waals surface area contributed by atoms with Crippen LogP contribution in [0.2, 0.25) is 0 Å². The molecule has 0 unspecified atom stereocenters. The van der Waals surface area contributed by atoms with Crippen LogP contribution in [-0.4, -0.2) is 16.8 Å². The summed E-state index contributed by atoms with van der Waals surface area (Å²) in [4.78, 5) is 0. The number of aryl methyl sites for hydroxylation is 2. The van der Waals surface area contributed by atoms with E-state index in [1.54, 1.807) is 0 Å². The van der Waals surface area contributed by atoms with Crippen molar-refractivity contribution in [3.63, 3.8) is 0 Å². The van der Waals surface area contributed by atoms with E-state index in [1.165, 1.54) is 16.6 Å². The summed E-state index contributed by atoms with van der Waals surface area (Å²) in [6, 6.07) is 6.23. The third-order valence-electron chi connectivity index (χ3n) is 2.53. The van der Waals surface area contributed by atoms with Gasteiger partial charge in [-0.2, -0.15) is 5.10 Å². The van der Waals surface area contributed by atoms with Gasteiger partial charge in [0.2, 0.25) is 0 Å². The molecule has 0 saturated carbocycles. The zero-order valence-corrected chi connectivity index (χ0v) is 8.83. The highest BCUT2D eigenvalue weighted by atomic mass is 15.3. The van der Waals surface area contributed by atoms with Gasteiger partial charge in [-0.05, 0) is 25.6 Å². The predicted octanol–water partition coefficient (Wildman–Crippen LogP) is 1.60. The van der Waals surface area contributed by atoms with Crippen molar-refractivity contribution < 1.29 is 0 Å². The molecule has 1 heterocycles. The number of rotatable bonds is 2. The summed E-state index contributed by atoms with van der Waals surface area (Å²) in [6.45, 7) is 2.99. The maximum atomic E-state index is 4.47. The van der Waals surface area contributed by atoms with Crippen LogP contribution < -0.4 is 5.32 Å². The van der Waals surface area contributed by atoms with Crippen LogP contribution in [0.25, 0.3) is 10.9 Å². The maximum absolute atomic E-state index is 4.47. The number of nitrogens with one attached hydrogen (secondary N) is 1. The van der Waals surface area contributed by atoms with Gasteiger partial charge in [0, 0.05) is 19.0 Å². The van der Waals surface area contributed by atoms with E-state index in [0.717, 1.165) is 12.1 Å². The molecule has 0 spiro atoms. The molecule has 0 aliphatic heterocycles. The summed E-state index contributed by atoms with van der Waals surface area (Å²) in [5.74, 6) is 0. The van der Waals surface area contributed by atoms with E-state index in [0.29, 0.717) is 0 Å². The second-order valence-corrected chi connectivity index (χ2v) is 3.57. The van der Waals surface area contributed by atoms with Crippen molar-refractivity contribution in [1.82, 2.24) is 15.1 Å². The number of aromatic nitrogens is 2. The van der Waals surface area contributed by atoms with Gasteiger partial charge < -0.3 is 5.32 Å². The molecule has 2 rings (SSSR count).